The molecule has 0 atom stereocenters. The molecule has 0 unspecified atom stereocenters. The molecule has 0 saturated heterocycles. The van der Waals surface area contributed by atoms with Gasteiger partial charge in [0.1, 0.15) is 5.75 Å². The van der Waals surface area contributed by atoms with E-state index in [4.69, 9.17) is 0 Å². The molecule has 3 aromatic rings. The van der Waals surface area contributed by atoms with Gasteiger partial charge in [0.2, 0.25) is 0 Å². The van der Waals surface area contributed by atoms with Gasteiger partial charge in [0.25, 0.3) is 5.91 Å². The van der Waals surface area contributed by atoms with Gasteiger partial charge in [0, 0.05) is 23.9 Å². The number of phenols is 1. The van der Waals surface area contributed by atoms with Gasteiger partial charge < -0.3 is 15.3 Å². The van der Waals surface area contributed by atoms with Crippen LogP contribution in [-0.2, 0) is 6.54 Å². The van der Waals surface area contributed by atoms with E-state index in [1.54, 1.807) is 18.2 Å². The fourth-order valence-corrected chi connectivity index (χ4v) is 2.88. The number of carbonyl (C=O) groups is 1. The molecule has 4 heteroatoms. The van der Waals surface area contributed by atoms with Crippen molar-refractivity contribution in [2.24, 2.45) is 0 Å². The third-order valence-corrected chi connectivity index (χ3v) is 4.05. The van der Waals surface area contributed by atoms with Crippen LogP contribution in [0, 0.1) is 0 Å². The number of hydrogen-bond donors (Lipinski definition) is 2. The van der Waals surface area contributed by atoms with Gasteiger partial charge in [-0.2, -0.15) is 0 Å². The van der Waals surface area contributed by atoms with Gasteiger partial charge >= 0.3 is 0 Å². The minimum Gasteiger partial charge on any atom is -0.508 e. The second-order valence-electron chi connectivity index (χ2n) is 6.48. The Hall–Kier alpha value is -3.11. The molecule has 0 saturated carbocycles. The van der Waals surface area contributed by atoms with Crippen LogP contribution in [0.4, 0.5) is 5.69 Å². The minimum atomic E-state index is -0.188. The lowest BCUT2D eigenvalue weighted by Gasteiger charge is -2.16. The number of benzene rings is 3. The molecule has 0 heterocycles. The zero-order chi connectivity index (χ0) is 18.5. The average molecular weight is 346 g/mol. The monoisotopic (exact) mass is 346 g/mol. The molecule has 3 aromatic carbocycles. The topological polar surface area (TPSA) is 52.6 Å². The lowest BCUT2D eigenvalue weighted by molar-refractivity contribution is 0.102. The van der Waals surface area contributed by atoms with Gasteiger partial charge in [-0.15, -0.1) is 0 Å². The lowest BCUT2D eigenvalue weighted by Crippen LogP contribution is -2.18. The summed E-state index contributed by atoms with van der Waals surface area (Å²) in [5, 5.41) is 12.4. The Bertz CT molecular complexity index is 905. The van der Waals surface area contributed by atoms with Crippen LogP contribution in [0.15, 0.2) is 72.8 Å². The SMILES string of the molecule is CN(C)Cc1cc(-c2ccccc2)ccc1C(=O)Nc1cccc(O)c1. The molecule has 0 radical (unpaired) electrons. The first-order valence-corrected chi connectivity index (χ1v) is 8.46. The first-order chi connectivity index (χ1) is 12.5. The minimum absolute atomic E-state index is 0.121. The van der Waals surface area contributed by atoms with Crippen LogP contribution < -0.4 is 5.32 Å². The van der Waals surface area contributed by atoms with Crippen LogP contribution in [0.25, 0.3) is 11.1 Å². The van der Waals surface area contributed by atoms with Gasteiger partial charge in [0.15, 0.2) is 0 Å². The Kier molecular flexibility index (Phi) is 5.34. The molecule has 0 fully saturated rings. The summed E-state index contributed by atoms with van der Waals surface area (Å²) in [4.78, 5) is 14.8. The van der Waals surface area contributed by atoms with E-state index in [9.17, 15) is 9.90 Å². The molecule has 1 amide bonds. The smallest absolute Gasteiger partial charge is 0.255 e. The summed E-state index contributed by atoms with van der Waals surface area (Å²) in [7, 11) is 3.96. The van der Waals surface area contributed by atoms with Crippen molar-refractivity contribution in [3.05, 3.63) is 83.9 Å². The molecule has 4 nitrogen and oxygen atoms in total. The van der Waals surface area contributed by atoms with Crippen molar-refractivity contribution in [3.8, 4) is 16.9 Å². The number of hydrogen-bond acceptors (Lipinski definition) is 3. The molecular formula is C22H22N2O2. The predicted octanol–water partition coefficient (Wildman–Crippen LogP) is 4.37. The standard InChI is InChI=1S/C22H22N2O2/c1-24(2)15-18-13-17(16-7-4-3-5-8-16)11-12-21(18)22(26)23-19-9-6-10-20(25)14-19/h3-14,25H,15H2,1-2H3,(H,23,26). The van der Waals surface area contributed by atoms with Crippen LogP contribution in [0.3, 0.4) is 0 Å². The average Bonchev–Trinajstić information content (AvgIpc) is 2.62. The Labute approximate surface area is 153 Å². The van der Waals surface area contributed by atoms with Crippen molar-refractivity contribution in [2.45, 2.75) is 6.54 Å². The number of aromatic hydroxyl groups is 1. The van der Waals surface area contributed by atoms with Crippen LogP contribution in [-0.4, -0.2) is 30.0 Å². The quantitative estimate of drug-likeness (QED) is 0.721. The molecule has 0 aliphatic rings. The summed E-state index contributed by atoms with van der Waals surface area (Å²) in [5.74, 6) is -0.0668. The van der Waals surface area contributed by atoms with Crippen LogP contribution in [0.2, 0.25) is 0 Å². The molecule has 0 aliphatic carbocycles. The van der Waals surface area contributed by atoms with E-state index >= 15 is 0 Å². The highest BCUT2D eigenvalue weighted by molar-refractivity contribution is 6.05. The molecule has 26 heavy (non-hydrogen) atoms. The van der Waals surface area contributed by atoms with Gasteiger partial charge in [-0.25, -0.2) is 0 Å². The molecule has 132 valence electrons. The van der Waals surface area contributed by atoms with Crippen molar-refractivity contribution in [1.29, 1.82) is 0 Å². The maximum atomic E-state index is 12.8. The second-order valence-corrected chi connectivity index (χ2v) is 6.48. The van der Waals surface area contributed by atoms with Crippen molar-refractivity contribution < 1.29 is 9.90 Å². The Morgan fingerprint density at radius 1 is 0.923 bits per heavy atom. The van der Waals surface area contributed by atoms with E-state index in [2.05, 4.69) is 23.5 Å². The van der Waals surface area contributed by atoms with Crippen LogP contribution in [0.1, 0.15) is 15.9 Å². The van der Waals surface area contributed by atoms with Crippen molar-refractivity contribution in [3.63, 3.8) is 0 Å². The zero-order valence-corrected chi connectivity index (χ0v) is 14.9. The molecular weight excluding hydrogens is 324 g/mol. The molecule has 0 spiro atoms. The fourth-order valence-electron chi connectivity index (χ4n) is 2.88. The van der Waals surface area contributed by atoms with Crippen molar-refractivity contribution >= 4 is 11.6 Å². The lowest BCUT2D eigenvalue weighted by atomic mass is 9.98. The number of nitrogens with zero attached hydrogens (tertiary/aromatic N) is 1. The Balaban J connectivity index is 1.93. The molecule has 3 rings (SSSR count). The number of carbonyl (C=O) groups excluding carboxylic acids is 1. The normalized spacial score (nSPS) is 10.7. The first kappa shape index (κ1) is 17.7. The molecule has 0 aromatic heterocycles. The number of rotatable bonds is 5. The zero-order valence-electron chi connectivity index (χ0n) is 14.9. The fraction of sp³-hybridized carbons (Fsp3) is 0.136. The molecule has 2 N–H and O–H groups in total. The highest BCUT2D eigenvalue weighted by Crippen LogP contribution is 2.24. The van der Waals surface area contributed by atoms with Gasteiger partial charge in [-0.3, -0.25) is 4.79 Å². The maximum absolute atomic E-state index is 12.8. The largest absolute Gasteiger partial charge is 0.508 e. The van der Waals surface area contributed by atoms with E-state index in [0.29, 0.717) is 17.8 Å². The Morgan fingerprint density at radius 3 is 2.38 bits per heavy atom. The van der Waals surface area contributed by atoms with Crippen molar-refractivity contribution in [1.82, 2.24) is 4.90 Å². The van der Waals surface area contributed by atoms with E-state index in [0.717, 1.165) is 16.7 Å². The van der Waals surface area contributed by atoms with Gasteiger partial charge in [-0.1, -0.05) is 42.5 Å². The van der Waals surface area contributed by atoms with Crippen LogP contribution in [0.5, 0.6) is 5.75 Å². The van der Waals surface area contributed by atoms with E-state index in [1.165, 1.54) is 6.07 Å². The van der Waals surface area contributed by atoms with Crippen LogP contribution >= 0.6 is 0 Å². The second kappa shape index (κ2) is 7.85. The first-order valence-electron chi connectivity index (χ1n) is 8.46. The van der Waals surface area contributed by atoms with E-state index < -0.39 is 0 Å². The number of nitrogens with one attached hydrogen (secondary N) is 1. The van der Waals surface area contributed by atoms with Gasteiger partial charge in [-0.05, 0) is 55.1 Å². The third-order valence-electron chi connectivity index (χ3n) is 4.05. The summed E-state index contributed by atoms with van der Waals surface area (Å²) < 4.78 is 0. The summed E-state index contributed by atoms with van der Waals surface area (Å²) in [6.07, 6.45) is 0. The third kappa shape index (κ3) is 4.29. The maximum Gasteiger partial charge on any atom is 0.255 e. The summed E-state index contributed by atoms with van der Waals surface area (Å²) >= 11 is 0. The number of anilines is 1. The number of phenolic OH excluding ortho intramolecular Hbond substituents is 1. The predicted molar refractivity (Wildman–Crippen MR) is 105 cm³/mol. The van der Waals surface area contributed by atoms with Crippen molar-refractivity contribution in [2.75, 3.05) is 19.4 Å². The number of amides is 1. The summed E-state index contributed by atoms with van der Waals surface area (Å²) in [6.45, 7) is 0.656. The molecule has 0 bridgehead atoms. The Morgan fingerprint density at radius 2 is 1.69 bits per heavy atom. The summed E-state index contributed by atoms with van der Waals surface area (Å²) in [5.41, 5.74) is 4.34. The van der Waals surface area contributed by atoms with Gasteiger partial charge in [0.05, 0.1) is 0 Å². The highest BCUT2D eigenvalue weighted by Gasteiger charge is 2.14. The highest BCUT2D eigenvalue weighted by atomic mass is 16.3. The van der Waals surface area contributed by atoms with E-state index in [1.807, 2.05) is 49.3 Å². The summed E-state index contributed by atoms with van der Waals surface area (Å²) in [6, 6.07) is 22.5. The molecule has 0 aliphatic heterocycles. The van der Waals surface area contributed by atoms with E-state index in [-0.39, 0.29) is 11.7 Å².